The lowest BCUT2D eigenvalue weighted by atomic mass is 10.1. The monoisotopic (exact) mass is 368 g/mol. The highest BCUT2D eigenvalue weighted by Crippen LogP contribution is 2.28. The van der Waals surface area contributed by atoms with E-state index in [4.69, 9.17) is 0 Å². The van der Waals surface area contributed by atoms with Gasteiger partial charge < -0.3 is 4.90 Å². The molecular formula is C21H21FN2O3. The zero-order valence-electron chi connectivity index (χ0n) is 15.3. The van der Waals surface area contributed by atoms with E-state index in [0.29, 0.717) is 12.1 Å². The maximum Gasteiger partial charge on any atom is 0.257 e. The van der Waals surface area contributed by atoms with Gasteiger partial charge in [-0.3, -0.25) is 14.4 Å². The molecule has 1 aliphatic heterocycles. The summed E-state index contributed by atoms with van der Waals surface area (Å²) < 4.78 is 13.2. The summed E-state index contributed by atoms with van der Waals surface area (Å²) in [5, 5.41) is 0. The van der Waals surface area contributed by atoms with Gasteiger partial charge in [0.05, 0.1) is 12.1 Å². The van der Waals surface area contributed by atoms with Gasteiger partial charge in [0.2, 0.25) is 5.91 Å². The highest BCUT2D eigenvalue weighted by atomic mass is 19.1. The molecule has 0 aliphatic carbocycles. The van der Waals surface area contributed by atoms with E-state index in [9.17, 15) is 18.8 Å². The molecule has 0 radical (unpaired) electrons. The van der Waals surface area contributed by atoms with Crippen LogP contribution < -0.4 is 4.90 Å². The van der Waals surface area contributed by atoms with E-state index < -0.39 is 17.8 Å². The smallest absolute Gasteiger partial charge is 0.257 e. The van der Waals surface area contributed by atoms with Gasteiger partial charge in [-0.15, -0.1) is 0 Å². The van der Waals surface area contributed by atoms with E-state index in [1.165, 1.54) is 29.2 Å². The maximum atomic E-state index is 13.2. The number of carbonyl (C=O) groups is 3. The van der Waals surface area contributed by atoms with E-state index in [1.807, 2.05) is 13.8 Å². The molecule has 2 unspecified atom stereocenters. The highest BCUT2D eigenvalue weighted by Gasteiger charge is 2.45. The molecule has 0 spiro atoms. The van der Waals surface area contributed by atoms with Crippen LogP contribution in [0.25, 0.3) is 0 Å². The second kappa shape index (κ2) is 7.70. The molecule has 3 rings (SSSR count). The van der Waals surface area contributed by atoms with Gasteiger partial charge in [-0.2, -0.15) is 0 Å². The summed E-state index contributed by atoms with van der Waals surface area (Å²) in [5.74, 6) is -1.58. The molecule has 0 N–H and O–H groups in total. The van der Waals surface area contributed by atoms with E-state index in [1.54, 1.807) is 30.3 Å². The number of rotatable bonds is 5. The third kappa shape index (κ3) is 3.60. The first-order valence-electron chi connectivity index (χ1n) is 8.94. The lowest BCUT2D eigenvalue weighted by Gasteiger charge is -2.33. The number of hydrogen-bond acceptors (Lipinski definition) is 3. The van der Waals surface area contributed by atoms with Crippen LogP contribution >= 0.6 is 0 Å². The number of imide groups is 1. The Labute approximate surface area is 157 Å². The average molecular weight is 368 g/mol. The van der Waals surface area contributed by atoms with Gasteiger partial charge in [-0.05, 0) is 49.7 Å². The molecule has 1 aliphatic rings. The molecule has 2 aromatic carbocycles. The van der Waals surface area contributed by atoms with Gasteiger partial charge in [0, 0.05) is 11.6 Å². The Hall–Kier alpha value is -3.02. The minimum atomic E-state index is -0.870. The topological polar surface area (TPSA) is 57.7 Å². The number of benzene rings is 2. The Morgan fingerprint density at radius 3 is 2.37 bits per heavy atom. The third-order valence-corrected chi connectivity index (χ3v) is 4.86. The Kier molecular flexibility index (Phi) is 5.35. The summed E-state index contributed by atoms with van der Waals surface area (Å²) >= 11 is 0. The fourth-order valence-corrected chi connectivity index (χ4v) is 3.27. The standard InChI is InChI=1S/C21H21FN2O3/c1-3-14(2)23(20(26)15-9-11-16(22)12-10-15)18-13-19(25)24(21(18)27)17-7-5-4-6-8-17/h4-12,14,18H,3,13H2,1-2H3. The second-order valence-electron chi connectivity index (χ2n) is 6.60. The molecule has 0 bridgehead atoms. The summed E-state index contributed by atoms with van der Waals surface area (Å²) in [7, 11) is 0. The number of nitrogens with zero attached hydrogens (tertiary/aromatic N) is 2. The molecule has 1 saturated heterocycles. The molecule has 0 aromatic heterocycles. The van der Waals surface area contributed by atoms with E-state index >= 15 is 0 Å². The molecule has 5 nitrogen and oxygen atoms in total. The Bertz CT molecular complexity index is 851. The average Bonchev–Trinajstić information content (AvgIpc) is 2.97. The first kappa shape index (κ1) is 18.8. The number of amides is 3. The van der Waals surface area contributed by atoms with Crippen molar-refractivity contribution in [3.8, 4) is 0 Å². The number of halogens is 1. The van der Waals surface area contributed by atoms with Crippen molar-refractivity contribution in [2.45, 2.75) is 38.8 Å². The predicted molar refractivity (Wildman–Crippen MR) is 99.7 cm³/mol. The van der Waals surface area contributed by atoms with E-state index in [0.717, 1.165) is 4.90 Å². The van der Waals surface area contributed by atoms with Crippen LogP contribution in [0, 0.1) is 5.82 Å². The molecule has 2 atom stereocenters. The molecule has 2 aromatic rings. The van der Waals surface area contributed by atoms with Crippen molar-refractivity contribution in [2.75, 3.05) is 4.90 Å². The molecule has 0 saturated carbocycles. The van der Waals surface area contributed by atoms with Crippen LogP contribution in [0.15, 0.2) is 54.6 Å². The normalized spacial score (nSPS) is 17.9. The minimum absolute atomic E-state index is 0.0645. The second-order valence-corrected chi connectivity index (χ2v) is 6.60. The Morgan fingerprint density at radius 2 is 1.78 bits per heavy atom. The van der Waals surface area contributed by atoms with Crippen molar-refractivity contribution in [1.82, 2.24) is 4.90 Å². The van der Waals surface area contributed by atoms with Gasteiger partial charge >= 0.3 is 0 Å². The van der Waals surface area contributed by atoms with Gasteiger partial charge in [0.1, 0.15) is 11.9 Å². The molecule has 27 heavy (non-hydrogen) atoms. The van der Waals surface area contributed by atoms with Crippen LogP contribution in [0.1, 0.15) is 37.0 Å². The number of para-hydroxylation sites is 1. The molecule has 140 valence electrons. The van der Waals surface area contributed by atoms with Crippen LogP contribution in [0.4, 0.5) is 10.1 Å². The maximum absolute atomic E-state index is 13.2. The summed E-state index contributed by atoms with van der Waals surface area (Å²) in [6.07, 6.45) is 0.557. The van der Waals surface area contributed by atoms with E-state index in [2.05, 4.69) is 0 Å². The zero-order valence-corrected chi connectivity index (χ0v) is 15.3. The summed E-state index contributed by atoms with van der Waals surface area (Å²) in [6.45, 7) is 3.75. The Morgan fingerprint density at radius 1 is 1.15 bits per heavy atom. The van der Waals surface area contributed by atoms with Crippen LogP contribution in [-0.2, 0) is 9.59 Å². The molecular weight excluding hydrogens is 347 g/mol. The van der Waals surface area contributed by atoms with Crippen LogP contribution in [0.2, 0.25) is 0 Å². The lowest BCUT2D eigenvalue weighted by Crippen LogP contribution is -2.49. The fourth-order valence-electron chi connectivity index (χ4n) is 3.27. The summed E-state index contributed by atoms with van der Waals surface area (Å²) in [5.41, 5.74) is 0.781. The Balaban J connectivity index is 1.94. The van der Waals surface area contributed by atoms with Crippen molar-refractivity contribution in [3.05, 3.63) is 66.0 Å². The molecule has 1 heterocycles. The van der Waals surface area contributed by atoms with Crippen molar-refractivity contribution < 1.29 is 18.8 Å². The fraction of sp³-hybridized carbons (Fsp3) is 0.286. The molecule has 6 heteroatoms. The summed E-state index contributed by atoms with van der Waals surface area (Å²) in [6, 6.07) is 12.8. The quantitative estimate of drug-likeness (QED) is 0.760. The molecule has 3 amide bonds. The zero-order chi connectivity index (χ0) is 19.6. The van der Waals surface area contributed by atoms with Crippen molar-refractivity contribution in [2.24, 2.45) is 0 Å². The SMILES string of the molecule is CCC(C)N(C(=O)c1ccc(F)cc1)C1CC(=O)N(c2ccccc2)C1=O. The van der Waals surface area contributed by atoms with Gasteiger partial charge in [0.15, 0.2) is 0 Å². The third-order valence-electron chi connectivity index (χ3n) is 4.86. The largest absolute Gasteiger partial charge is 0.323 e. The predicted octanol–water partition coefficient (Wildman–Crippen LogP) is 3.40. The van der Waals surface area contributed by atoms with Crippen LogP contribution in [0.5, 0.6) is 0 Å². The molecule has 1 fully saturated rings. The van der Waals surface area contributed by atoms with E-state index in [-0.39, 0.29) is 29.8 Å². The highest BCUT2D eigenvalue weighted by molar-refractivity contribution is 6.23. The summed E-state index contributed by atoms with van der Waals surface area (Å²) in [4.78, 5) is 41.2. The van der Waals surface area contributed by atoms with Crippen molar-refractivity contribution in [1.29, 1.82) is 0 Å². The van der Waals surface area contributed by atoms with Gasteiger partial charge in [-0.1, -0.05) is 25.1 Å². The van der Waals surface area contributed by atoms with Gasteiger partial charge in [0.25, 0.3) is 11.8 Å². The van der Waals surface area contributed by atoms with Crippen molar-refractivity contribution >= 4 is 23.4 Å². The first-order chi connectivity index (χ1) is 12.9. The minimum Gasteiger partial charge on any atom is -0.323 e. The van der Waals surface area contributed by atoms with Crippen LogP contribution in [-0.4, -0.2) is 34.7 Å². The number of carbonyl (C=O) groups excluding carboxylic acids is 3. The lowest BCUT2D eigenvalue weighted by molar-refractivity contribution is -0.122. The van der Waals surface area contributed by atoms with Gasteiger partial charge in [-0.25, -0.2) is 9.29 Å². The first-order valence-corrected chi connectivity index (χ1v) is 8.94. The number of hydrogen-bond donors (Lipinski definition) is 0. The van der Waals surface area contributed by atoms with Crippen molar-refractivity contribution in [3.63, 3.8) is 0 Å². The number of anilines is 1. The van der Waals surface area contributed by atoms with Crippen LogP contribution in [0.3, 0.4) is 0 Å².